The summed E-state index contributed by atoms with van der Waals surface area (Å²) < 4.78 is 8.08. The largest absolute Gasteiger partial charge is 0.484 e. The first-order valence-electron chi connectivity index (χ1n) is 11.9. The lowest BCUT2D eigenvalue weighted by Crippen LogP contribution is -2.08. The van der Waals surface area contributed by atoms with Gasteiger partial charge in [-0.05, 0) is 72.2 Å². The van der Waals surface area contributed by atoms with Crippen molar-refractivity contribution in [2.24, 2.45) is 0 Å². The van der Waals surface area contributed by atoms with E-state index >= 15 is 0 Å². The molecular formula is C28H29N7O. The van der Waals surface area contributed by atoms with Crippen molar-refractivity contribution in [3.8, 4) is 5.75 Å². The summed E-state index contributed by atoms with van der Waals surface area (Å²) in [5.41, 5.74) is 11.9. The second-order valence-corrected chi connectivity index (χ2v) is 8.92. The van der Waals surface area contributed by atoms with E-state index < -0.39 is 0 Å². The third-order valence-electron chi connectivity index (χ3n) is 6.46. The van der Waals surface area contributed by atoms with Gasteiger partial charge in [0.25, 0.3) is 0 Å². The van der Waals surface area contributed by atoms with Crippen LogP contribution in [0.1, 0.15) is 40.8 Å². The molecular weight excluding hydrogens is 450 g/mol. The summed E-state index contributed by atoms with van der Waals surface area (Å²) in [4.78, 5) is 4.21. The van der Waals surface area contributed by atoms with E-state index in [-0.39, 0.29) is 6.10 Å². The molecule has 0 fully saturated rings. The minimum atomic E-state index is -0.134. The van der Waals surface area contributed by atoms with Gasteiger partial charge in [0.1, 0.15) is 17.7 Å². The predicted octanol–water partition coefficient (Wildman–Crippen LogP) is 5.22. The molecule has 2 aromatic carbocycles. The number of nitrogens with two attached hydrogens (primary N) is 1. The maximum Gasteiger partial charge on any atom is 0.152 e. The number of nitrogens with zero attached hydrogens (tertiary/aromatic N) is 5. The minimum absolute atomic E-state index is 0.134. The molecule has 36 heavy (non-hydrogen) atoms. The Morgan fingerprint density at radius 3 is 2.67 bits per heavy atom. The zero-order chi connectivity index (χ0) is 25.1. The summed E-state index contributed by atoms with van der Waals surface area (Å²) in [6.45, 7) is 7.58. The van der Waals surface area contributed by atoms with Gasteiger partial charge < -0.3 is 15.8 Å². The van der Waals surface area contributed by atoms with Crippen LogP contribution in [0, 0.1) is 13.8 Å². The van der Waals surface area contributed by atoms with Crippen LogP contribution in [0.5, 0.6) is 5.75 Å². The highest BCUT2D eigenvalue weighted by Gasteiger charge is 2.12. The fourth-order valence-corrected chi connectivity index (χ4v) is 4.43. The van der Waals surface area contributed by atoms with E-state index in [4.69, 9.17) is 10.5 Å². The molecule has 5 aromatic rings. The first-order valence-corrected chi connectivity index (χ1v) is 11.9. The molecule has 1 atom stereocenters. The molecule has 0 aliphatic carbocycles. The number of nitrogen functional groups attached to an aromatic ring is 1. The molecule has 0 saturated carbocycles. The SMILES string of the molecule is Cc1cc2c(N)nccc2c(C)c1CNc1cc(OC(C)c2ccc(Cn3cccn3)cc2)cnn1. The number of ether oxygens (including phenoxy) is 1. The van der Waals surface area contributed by atoms with Gasteiger partial charge in [-0.3, -0.25) is 4.68 Å². The Labute approximate surface area is 210 Å². The van der Waals surface area contributed by atoms with E-state index in [0.717, 1.165) is 28.4 Å². The summed E-state index contributed by atoms with van der Waals surface area (Å²) in [5.74, 6) is 1.87. The quantitative estimate of drug-likeness (QED) is 0.314. The van der Waals surface area contributed by atoms with Crippen LogP contribution in [0.4, 0.5) is 11.6 Å². The van der Waals surface area contributed by atoms with Gasteiger partial charge in [-0.15, -0.1) is 5.10 Å². The van der Waals surface area contributed by atoms with Crippen LogP contribution >= 0.6 is 0 Å². The van der Waals surface area contributed by atoms with Crippen LogP contribution in [-0.4, -0.2) is 25.0 Å². The number of pyridine rings is 1. The zero-order valence-corrected chi connectivity index (χ0v) is 20.6. The molecule has 8 heteroatoms. The average Bonchev–Trinajstić information content (AvgIpc) is 3.38. The number of aromatic nitrogens is 5. The Hall–Kier alpha value is -4.46. The lowest BCUT2D eigenvalue weighted by molar-refractivity contribution is 0.225. The maximum absolute atomic E-state index is 6.18. The number of hydrogen-bond donors (Lipinski definition) is 2. The zero-order valence-electron chi connectivity index (χ0n) is 20.6. The third kappa shape index (κ3) is 4.98. The van der Waals surface area contributed by atoms with Crippen molar-refractivity contribution in [3.05, 3.63) is 101 Å². The second-order valence-electron chi connectivity index (χ2n) is 8.92. The number of anilines is 2. The van der Waals surface area contributed by atoms with E-state index in [1.807, 2.05) is 36.0 Å². The number of aryl methyl sites for hydroxylation is 2. The lowest BCUT2D eigenvalue weighted by Gasteiger charge is -2.17. The highest BCUT2D eigenvalue weighted by Crippen LogP contribution is 2.29. The Morgan fingerprint density at radius 1 is 1.06 bits per heavy atom. The van der Waals surface area contributed by atoms with Crippen LogP contribution in [0.3, 0.4) is 0 Å². The fraction of sp³-hybridized carbons (Fsp3) is 0.214. The van der Waals surface area contributed by atoms with Crippen molar-refractivity contribution >= 4 is 22.4 Å². The van der Waals surface area contributed by atoms with E-state index in [2.05, 4.69) is 69.8 Å². The van der Waals surface area contributed by atoms with E-state index in [1.54, 1.807) is 18.6 Å². The summed E-state index contributed by atoms with van der Waals surface area (Å²) in [6, 6.07) is 16.3. The fourth-order valence-electron chi connectivity index (χ4n) is 4.43. The predicted molar refractivity (Wildman–Crippen MR) is 142 cm³/mol. The summed E-state index contributed by atoms with van der Waals surface area (Å²) in [7, 11) is 0. The van der Waals surface area contributed by atoms with Gasteiger partial charge in [0.05, 0.1) is 12.7 Å². The average molecular weight is 480 g/mol. The molecule has 3 aromatic heterocycles. The van der Waals surface area contributed by atoms with Gasteiger partial charge in [-0.2, -0.15) is 10.2 Å². The van der Waals surface area contributed by atoms with E-state index in [0.29, 0.717) is 23.9 Å². The monoisotopic (exact) mass is 479 g/mol. The highest BCUT2D eigenvalue weighted by atomic mass is 16.5. The number of nitrogens with one attached hydrogen (secondary N) is 1. The molecule has 3 N–H and O–H groups in total. The summed E-state index contributed by atoms with van der Waals surface area (Å²) >= 11 is 0. The Kier molecular flexibility index (Phi) is 6.49. The topological polar surface area (TPSA) is 104 Å². The van der Waals surface area contributed by atoms with Crippen molar-refractivity contribution in [2.45, 2.75) is 40.0 Å². The van der Waals surface area contributed by atoms with Gasteiger partial charge >= 0.3 is 0 Å². The third-order valence-corrected chi connectivity index (χ3v) is 6.46. The van der Waals surface area contributed by atoms with Crippen LogP contribution < -0.4 is 15.8 Å². The molecule has 5 rings (SSSR count). The van der Waals surface area contributed by atoms with Crippen molar-refractivity contribution in [1.29, 1.82) is 0 Å². The maximum atomic E-state index is 6.18. The van der Waals surface area contributed by atoms with Crippen molar-refractivity contribution in [3.63, 3.8) is 0 Å². The smallest absolute Gasteiger partial charge is 0.152 e. The first kappa shape index (κ1) is 23.3. The van der Waals surface area contributed by atoms with Crippen molar-refractivity contribution < 1.29 is 4.74 Å². The van der Waals surface area contributed by atoms with Crippen LogP contribution in [0.25, 0.3) is 10.8 Å². The van der Waals surface area contributed by atoms with Crippen LogP contribution in [0.15, 0.2) is 73.3 Å². The van der Waals surface area contributed by atoms with Gasteiger partial charge in [0.15, 0.2) is 5.82 Å². The molecule has 8 nitrogen and oxygen atoms in total. The van der Waals surface area contributed by atoms with Crippen LogP contribution in [-0.2, 0) is 13.1 Å². The Bertz CT molecular complexity index is 1480. The van der Waals surface area contributed by atoms with Gasteiger partial charge in [0, 0.05) is 36.6 Å². The molecule has 182 valence electrons. The number of benzene rings is 2. The number of hydrogen-bond acceptors (Lipinski definition) is 7. The molecule has 0 amide bonds. The Morgan fingerprint density at radius 2 is 1.89 bits per heavy atom. The molecule has 0 aliphatic rings. The molecule has 3 heterocycles. The number of fused-ring (bicyclic) bond motifs is 1. The van der Waals surface area contributed by atoms with Gasteiger partial charge in [-0.1, -0.05) is 24.3 Å². The second kappa shape index (κ2) is 10.0. The number of rotatable bonds is 8. The molecule has 0 aliphatic heterocycles. The molecule has 1 unspecified atom stereocenters. The molecule has 0 saturated heterocycles. The van der Waals surface area contributed by atoms with Crippen LogP contribution in [0.2, 0.25) is 0 Å². The van der Waals surface area contributed by atoms with Crippen molar-refractivity contribution in [1.82, 2.24) is 25.0 Å². The summed E-state index contributed by atoms with van der Waals surface area (Å²) in [5, 5.41) is 18.1. The lowest BCUT2D eigenvalue weighted by atomic mass is 9.96. The standard InChI is InChI=1S/C28H29N7O/c1-18-13-25-24(9-11-30-28(25)29)19(2)26(18)16-31-27-14-23(15-32-34-27)36-20(3)22-7-5-21(6-8-22)17-35-12-4-10-33-35/h4-15,20H,16-17H2,1-3H3,(H2,29,30)(H,31,34). The van der Waals surface area contributed by atoms with E-state index in [1.165, 1.54) is 16.7 Å². The van der Waals surface area contributed by atoms with E-state index in [9.17, 15) is 0 Å². The Balaban J connectivity index is 1.25. The molecule has 0 spiro atoms. The first-order chi connectivity index (χ1) is 17.5. The van der Waals surface area contributed by atoms with Gasteiger partial charge in [-0.25, -0.2) is 4.98 Å². The summed E-state index contributed by atoms with van der Waals surface area (Å²) in [6.07, 6.45) is 6.99. The molecule has 0 radical (unpaired) electrons. The highest BCUT2D eigenvalue weighted by molar-refractivity contribution is 5.94. The minimum Gasteiger partial charge on any atom is -0.484 e. The normalized spacial score (nSPS) is 12.0. The van der Waals surface area contributed by atoms with Crippen molar-refractivity contribution in [2.75, 3.05) is 11.1 Å². The molecule has 0 bridgehead atoms. The van der Waals surface area contributed by atoms with Gasteiger partial charge in [0.2, 0.25) is 0 Å².